The van der Waals surface area contributed by atoms with Crippen LogP contribution >= 0.6 is 23.2 Å². The summed E-state index contributed by atoms with van der Waals surface area (Å²) in [6.45, 7) is 0. The Bertz CT molecular complexity index is 968. The Morgan fingerprint density at radius 3 is 2.50 bits per heavy atom. The van der Waals surface area contributed by atoms with Gasteiger partial charge in [-0.2, -0.15) is 0 Å². The number of aromatic nitrogens is 1. The predicted octanol–water partition coefficient (Wildman–Crippen LogP) is 3.03. The molecule has 0 saturated heterocycles. The molecule has 0 radical (unpaired) electrons. The van der Waals surface area contributed by atoms with Crippen LogP contribution in [0.4, 0.5) is 5.69 Å². The molecule has 0 unspecified atom stereocenters. The van der Waals surface area contributed by atoms with Crippen molar-refractivity contribution in [2.24, 2.45) is 7.05 Å². The molecule has 2 aromatic rings. The highest BCUT2D eigenvalue weighted by atomic mass is 35.5. The van der Waals surface area contributed by atoms with Gasteiger partial charge in [0.2, 0.25) is 10.0 Å². The number of carbonyl (C=O) groups excluding carboxylic acids is 1. The van der Waals surface area contributed by atoms with Crippen LogP contribution in [-0.4, -0.2) is 32.0 Å². The zero-order chi connectivity index (χ0) is 19.1. The minimum absolute atomic E-state index is 0.0206. The molecule has 0 spiro atoms. The molecule has 140 valence electrons. The van der Waals surface area contributed by atoms with Crippen LogP contribution in [0.15, 0.2) is 29.2 Å². The number of hydrogen-bond donors (Lipinski definition) is 2. The highest BCUT2D eigenvalue weighted by Crippen LogP contribution is 2.31. The maximum atomic E-state index is 12.5. The van der Waals surface area contributed by atoms with Crippen LogP contribution in [0.3, 0.4) is 0 Å². The lowest BCUT2D eigenvalue weighted by atomic mass is 10.2. The second-order valence-corrected chi connectivity index (χ2v) is 8.42. The first kappa shape index (κ1) is 19.0. The van der Waals surface area contributed by atoms with Gasteiger partial charge in [-0.3, -0.25) is 4.79 Å². The van der Waals surface area contributed by atoms with Crippen molar-refractivity contribution in [1.29, 1.82) is 0 Å². The molecule has 0 bridgehead atoms. The van der Waals surface area contributed by atoms with Crippen LogP contribution in [0, 0.1) is 0 Å². The highest BCUT2D eigenvalue weighted by Gasteiger charge is 2.28. The first-order chi connectivity index (χ1) is 12.2. The molecule has 1 aliphatic rings. The van der Waals surface area contributed by atoms with Crippen LogP contribution in [0.25, 0.3) is 0 Å². The fourth-order valence-corrected chi connectivity index (χ4v) is 4.09. The lowest BCUT2D eigenvalue weighted by Gasteiger charge is -2.13. The zero-order valence-corrected chi connectivity index (χ0v) is 16.4. The summed E-state index contributed by atoms with van der Waals surface area (Å²) < 4.78 is 34.0. The van der Waals surface area contributed by atoms with Crippen LogP contribution in [0.2, 0.25) is 10.2 Å². The van der Waals surface area contributed by atoms with Crippen molar-refractivity contribution < 1.29 is 17.9 Å². The van der Waals surface area contributed by atoms with Crippen molar-refractivity contribution in [2.45, 2.75) is 23.8 Å². The standard InChI is InChI=1S/C16H17Cl2N3O4S/c1-21-13(8-11(17)15(21)18)16(22)19-12-7-10(5-6-14(12)25-2)26(23,24)20-9-3-4-9/h5-9,20H,3-4H2,1-2H3,(H,19,22). The van der Waals surface area contributed by atoms with E-state index in [1.807, 2.05) is 0 Å². The number of benzene rings is 1. The summed E-state index contributed by atoms with van der Waals surface area (Å²) in [7, 11) is -0.634. The van der Waals surface area contributed by atoms with Crippen LogP contribution in [0.1, 0.15) is 23.3 Å². The maximum absolute atomic E-state index is 12.5. The number of rotatable bonds is 6. The Balaban J connectivity index is 1.91. The van der Waals surface area contributed by atoms with Crippen molar-refractivity contribution in [1.82, 2.24) is 9.29 Å². The number of ether oxygens (including phenoxy) is 1. The quantitative estimate of drug-likeness (QED) is 0.755. The Morgan fingerprint density at radius 2 is 1.96 bits per heavy atom. The van der Waals surface area contributed by atoms with Gasteiger partial charge in [0.1, 0.15) is 16.6 Å². The summed E-state index contributed by atoms with van der Waals surface area (Å²) in [6.07, 6.45) is 1.65. The molecule has 1 amide bonds. The van der Waals surface area contributed by atoms with Crippen LogP contribution in [0.5, 0.6) is 5.75 Å². The Labute approximate surface area is 161 Å². The third-order valence-corrected chi connectivity index (χ3v) is 6.34. The van der Waals surface area contributed by atoms with Crippen molar-refractivity contribution >= 4 is 44.8 Å². The highest BCUT2D eigenvalue weighted by molar-refractivity contribution is 7.89. The third kappa shape index (κ3) is 3.83. The van der Waals surface area contributed by atoms with Crippen molar-refractivity contribution in [2.75, 3.05) is 12.4 Å². The van der Waals surface area contributed by atoms with E-state index in [1.165, 1.54) is 35.9 Å². The number of carbonyl (C=O) groups is 1. The van der Waals surface area contributed by atoms with Gasteiger partial charge in [0.05, 0.1) is 22.7 Å². The monoisotopic (exact) mass is 417 g/mol. The minimum Gasteiger partial charge on any atom is -0.495 e. The number of amides is 1. The van der Waals surface area contributed by atoms with Crippen molar-refractivity contribution in [3.05, 3.63) is 40.1 Å². The molecule has 1 fully saturated rings. The van der Waals surface area contributed by atoms with E-state index in [-0.39, 0.29) is 32.5 Å². The lowest BCUT2D eigenvalue weighted by molar-refractivity contribution is 0.101. The largest absolute Gasteiger partial charge is 0.495 e. The minimum atomic E-state index is -3.66. The number of anilines is 1. The fourth-order valence-electron chi connectivity index (χ4n) is 2.39. The van der Waals surface area contributed by atoms with Gasteiger partial charge in [-0.05, 0) is 37.1 Å². The number of nitrogens with zero attached hydrogens (tertiary/aromatic N) is 1. The van der Waals surface area contributed by atoms with Gasteiger partial charge in [0.25, 0.3) is 5.91 Å². The van der Waals surface area contributed by atoms with E-state index in [0.717, 1.165) is 12.8 Å². The van der Waals surface area contributed by atoms with Gasteiger partial charge >= 0.3 is 0 Å². The number of nitrogens with one attached hydrogen (secondary N) is 2. The van der Waals surface area contributed by atoms with Gasteiger partial charge in [-0.25, -0.2) is 13.1 Å². The molecule has 0 atom stereocenters. The molecule has 1 saturated carbocycles. The Hall–Kier alpha value is -1.74. The van der Waals surface area contributed by atoms with Crippen molar-refractivity contribution in [3.8, 4) is 5.75 Å². The average Bonchev–Trinajstić information content (AvgIpc) is 3.36. The second-order valence-electron chi connectivity index (χ2n) is 5.94. The average molecular weight is 418 g/mol. The van der Waals surface area contributed by atoms with Crippen molar-refractivity contribution in [3.63, 3.8) is 0 Å². The molecule has 2 N–H and O–H groups in total. The summed E-state index contributed by atoms with van der Waals surface area (Å²) in [5.41, 5.74) is 0.455. The van der Waals surface area contributed by atoms with Gasteiger partial charge in [-0.15, -0.1) is 0 Å². The smallest absolute Gasteiger partial charge is 0.272 e. The van der Waals surface area contributed by atoms with E-state index in [1.54, 1.807) is 7.05 Å². The first-order valence-corrected chi connectivity index (χ1v) is 9.99. The SMILES string of the molecule is COc1ccc(S(=O)(=O)NC2CC2)cc1NC(=O)c1cc(Cl)c(Cl)n1C. The third-order valence-electron chi connectivity index (χ3n) is 3.98. The van der Waals surface area contributed by atoms with E-state index in [9.17, 15) is 13.2 Å². The molecule has 1 aliphatic carbocycles. The maximum Gasteiger partial charge on any atom is 0.272 e. The van der Waals surface area contributed by atoms with Gasteiger partial charge in [0, 0.05) is 13.1 Å². The van der Waals surface area contributed by atoms with E-state index in [2.05, 4.69) is 10.0 Å². The molecular formula is C16H17Cl2N3O4S. The molecule has 1 aromatic carbocycles. The lowest BCUT2D eigenvalue weighted by Crippen LogP contribution is -2.26. The molecule has 3 rings (SSSR count). The van der Waals surface area contributed by atoms with E-state index >= 15 is 0 Å². The molecule has 26 heavy (non-hydrogen) atoms. The molecule has 1 heterocycles. The summed E-state index contributed by atoms with van der Waals surface area (Å²) in [5, 5.41) is 3.12. The summed E-state index contributed by atoms with van der Waals surface area (Å²) in [5.74, 6) is -0.167. The normalized spacial score (nSPS) is 14.3. The topological polar surface area (TPSA) is 89.4 Å². The van der Waals surface area contributed by atoms with Gasteiger partial charge < -0.3 is 14.6 Å². The molecule has 10 heteroatoms. The number of halogens is 2. The first-order valence-electron chi connectivity index (χ1n) is 7.75. The van der Waals surface area contributed by atoms with Crippen LogP contribution < -0.4 is 14.8 Å². The molecular weight excluding hydrogens is 401 g/mol. The number of sulfonamides is 1. The van der Waals surface area contributed by atoms with E-state index < -0.39 is 15.9 Å². The molecule has 0 aliphatic heterocycles. The molecule has 7 nitrogen and oxygen atoms in total. The van der Waals surface area contributed by atoms with E-state index in [4.69, 9.17) is 27.9 Å². The second kappa shape index (κ2) is 7.11. The fraction of sp³-hybridized carbons (Fsp3) is 0.312. The Morgan fingerprint density at radius 1 is 1.27 bits per heavy atom. The Kier molecular flexibility index (Phi) is 5.21. The summed E-state index contributed by atoms with van der Waals surface area (Å²) in [6, 6.07) is 5.68. The summed E-state index contributed by atoms with van der Waals surface area (Å²) >= 11 is 11.9. The number of hydrogen-bond acceptors (Lipinski definition) is 4. The van der Waals surface area contributed by atoms with Gasteiger partial charge in [0.15, 0.2) is 0 Å². The van der Waals surface area contributed by atoms with Gasteiger partial charge in [-0.1, -0.05) is 23.2 Å². The molecule has 1 aromatic heterocycles. The summed E-state index contributed by atoms with van der Waals surface area (Å²) in [4.78, 5) is 12.6. The number of methoxy groups -OCH3 is 1. The predicted molar refractivity (Wildman–Crippen MR) is 99.7 cm³/mol. The zero-order valence-electron chi connectivity index (χ0n) is 14.0. The van der Waals surface area contributed by atoms with E-state index in [0.29, 0.717) is 5.75 Å². The van der Waals surface area contributed by atoms with Crippen LogP contribution in [-0.2, 0) is 17.1 Å².